The number of aliphatic hydroxyl groups is 1. The van der Waals surface area contributed by atoms with E-state index in [-0.39, 0.29) is 23.5 Å². The number of likely N-dealkylation sites (tertiary alicyclic amines) is 1. The number of benzene rings is 1. The average Bonchev–Trinajstić information content (AvgIpc) is 3.30. The number of hydrogen-bond donors (Lipinski definition) is 3. The van der Waals surface area contributed by atoms with E-state index in [1.165, 1.54) is 16.0 Å². The molecule has 1 aromatic heterocycles. The molecule has 0 bridgehead atoms. The van der Waals surface area contributed by atoms with E-state index in [1.807, 2.05) is 12.4 Å². The standard InChI is InChI=1S/C23H36N4OS/c1-15(17-8-10-18(11-9-17)21-16(2)25-14-29-21)26-22(28)19-7-6-12-27(19)13-20(24)23(3,4)5/h8-11,14-15,19-20,22,26,28H,6-7,12-13,24H2,1-5H3/t15-,19-,20+,22?/m0/s1. The van der Waals surface area contributed by atoms with Crippen molar-refractivity contribution >= 4 is 11.3 Å². The number of nitrogens with two attached hydrogens (primary N) is 1. The molecule has 160 valence electrons. The van der Waals surface area contributed by atoms with Gasteiger partial charge in [0.2, 0.25) is 0 Å². The molecule has 4 N–H and O–H groups in total. The molecule has 1 aliphatic heterocycles. The number of nitrogens with zero attached hydrogens (tertiary/aromatic N) is 2. The topological polar surface area (TPSA) is 74.4 Å². The molecule has 3 rings (SSSR count). The van der Waals surface area contributed by atoms with Crippen molar-refractivity contribution in [2.75, 3.05) is 13.1 Å². The molecule has 4 atom stereocenters. The summed E-state index contributed by atoms with van der Waals surface area (Å²) in [5.74, 6) is 0. The van der Waals surface area contributed by atoms with Crippen molar-refractivity contribution in [2.45, 2.75) is 71.8 Å². The number of hydrogen-bond acceptors (Lipinski definition) is 6. The molecule has 5 nitrogen and oxygen atoms in total. The summed E-state index contributed by atoms with van der Waals surface area (Å²) in [5, 5.41) is 14.3. The average molecular weight is 417 g/mol. The molecular weight excluding hydrogens is 380 g/mol. The zero-order valence-corrected chi connectivity index (χ0v) is 19.2. The van der Waals surface area contributed by atoms with E-state index in [0.29, 0.717) is 0 Å². The van der Waals surface area contributed by atoms with E-state index >= 15 is 0 Å². The van der Waals surface area contributed by atoms with Gasteiger partial charge in [0.25, 0.3) is 0 Å². The second kappa shape index (κ2) is 9.23. The van der Waals surface area contributed by atoms with E-state index in [2.05, 4.69) is 67.2 Å². The van der Waals surface area contributed by atoms with Gasteiger partial charge in [-0.2, -0.15) is 0 Å². The molecule has 2 aromatic rings. The Labute approximate surface area is 179 Å². The molecule has 1 unspecified atom stereocenters. The second-order valence-electron chi connectivity index (χ2n) is 9.40. The second-order valence-corrected chi connectivity index (χ2v) is 10.3. The number of aliphatic hydroxyl groups excluding tert-OH is 1. The largest absolute Gasteiger partial charge is 0.377 e. The third-order valence-electron chi connectivity index (χ3n) is 6.16. The van der Waals surface area contributed by atoms with Crippen LogP contribution in [0.3, 0.4) is 0 Å². The van der Waals surface area contributed by atoms with Crippen molar-refractivity contribution in [1.29, 1.82) is 0 Å². The van der Waals surface area contributed by atoms with Crippen LogP contribution in [-0.2, 0) is 0 Å². The number of thiazole rings is 1. The summed E-state index contributed by atoms with van der Waals surface area (Å²) >= 11 is 1.67. The predicted octanol–water partition coefficient (Wildman–Crippen LogP) is 3.93. The molecular formula is C23H36N4OS. The highest BCUT2D eigenvalue weighted by atomic mass is 32.1. The van der Waals surface area contributed by atoms with Crippen LogP contribution in [0.15, 0.2) is 29.8 Å². The fourth-order valence-corrected chi connectivity index (χ4v) is 4.74. The maximum atomic E-state index is 10.9. The third kappa shape index (κ3) is 5.44. The Morgan fingerprint density at radius 3 is 2.59 bits per heavy atom. The fourth-order valence-electron chi connectivity index (χ4n) is 3.93. The number of aryl methyl sites for hydroxylation is 1. The monoisotopic (exact) mass is 416 g/mol. The van der Waals surface area contributed by atoms with Gasteiger partial charge in [0.05, 0.1) is 16.1 Å². The minimum atomic E-state index is -0.567. The number of rotatable bonds is 7. The molecule has 1 aromatic carbocycles. The Balaban J connectivity index is 1.61. The first-order valence-corrected chi connectivity index (χ1v) is 11.5. The van der Waals surface area contributed by atoms with Gasteiger partial charge in [-0.15, -0.1) is 11.3 Å². The molecule has 0 aliphatic carbocycles. The summed E-state index contributed by atoms with van der Waals surface area (Å²) in [6, 6.07) is 8.84. The maximum Gasteiger partial charge on any atom is 0.121 e. The van der Waals surface area contributed by atoms with Crippen LogP contribution >= 0.6 is 11.3 Å². The molecule has 0 radical (unpaired) electrons. The Morgan fingerprint density at radius 1 is 1.31 bits per heavy atom. The van der Waals surface area contributed by atoms with Crippen molar-refractivity contribution in [3.63, 3.8) is 0 Å². The third-order valence-corrected chi connectivity index (χ3v) is 7.14. The van der Waals surface area contributed by atoms with Gasteiger partial charge < -0.3 is 10.8 Å². The lowest BCUT2D eigenvalue weighted by Crippen LogP contribution is -2.52. The van der Waals surface area contributed by atoms with Gasteiger partial charge in [-0.1, -0.05) is 45.0 Å². The van der Waals surface area contributed by atoms with Gasteiger partial charge >= 0.3 is 0 Å². The van der Waals surface area contributed by atoms with Crippen molar-refractivity contribution in [3.8, 4) is 10.4 Å². The summed E-state index contributed by atoms with van der Waals surface area (Å²) in [6.45, 7) is 12.5. The summed E-state index contributed by atoms with van der Waals surface area (Å²) in [4.78, 5) is 7.91. The highest BCUT2D eigenvalue weighted by Crippen LogP contribution is 2.29. The van der Waals surface area contributed by atoms with Crippen LogP contribution in [0.25, 0.3) is 10.4 Å². The van der Waals surface area contributed by atoms with Gasteiger partial charge in [0, 0.05) is 24.7 Å². The molecule has 0 spiro atoms. The van der Waals surface area contributed by atoms with E-state index in [0.717, 1.165) is 31.6 Å². The molecule has 0 amide bonds. The van der Waals surface area contributed by atoms with E-state index in [9.17, 15) is 5.11 Å². The van der Waals surface area contributed by atoms with Crippen LogP contribution < -0.4 is 11.1 Å². The van der Waals surface area contributed by atoms with E-state index in [1.54, 1.807) is 11.3 Å². The SMILES string of the molecule is Cc1ncsc1-c1ccc([C@H](C)NC(O)[C@@H]2CCCN2C[C@@H](N)C(C)(C)C)cc1. The normalized spacial score (nSPS) is 21.3. The Kier molecular flexibility index (Phi) is 7.12. The first-order chi connectivity index (χ1) is 13.7. The molecule has 0 saturated carbocycles. The van der Waals surface area contributed by atoms with Crippen LogP contribution in [0.4, 0.5) is 0 Å². The summed E-state index contributed by atoms with van der Waals surface area (Å²) in [5.41, 5.74) is 11.8. The Hall–Kier alpha value is -1.31. The smallest absolute Gasteiger partial charge is 0.121 e. The molecule has 6 heteroatoms. The van der Waals surface area contributed by atoms with Gasteiger partial charge in [-0.25, -0.2) is 4.98 Å². The van der Waals surface area contributed by atoms with Crippen LogP contribution in [0.2, 0.25) is 0 Å². The summed E-state index contributed by atoms with van der Waals surface area (Å²) in [6.07, 6.45) is 1.54. The van der Waals surface area contributed by atoms with Crippen LogP contribution in [0, 0.1) is 12.3 Å². The van der Waals surface area contributed by atoms with E-state index < -0.39 is 6.23 Å². The molecule has 1 fully saturated rings. The zero-order chi connectivity index (χ0) is 21.2. The van der Waals surface area contributed by atoms with Crippen LogP contribution in [0.5, 0.6) is 0 Å². The van der Waals surface area contributed by atoms with Gasteiger partial charge in [-0.05, 0) is 49.8 Å². The van der Waals surface area contributed by atoms with Crippen LogP contribution in [0.1, 0.15) is 57.8 Å². The van der Waals surface area contributed by atoms with E-state index in [4.69, 9.17) is 5.73 Å². The molecule has 2 heterocycles. The summed E-state index contributed by atoms with van der Waals surface area (Å²) < 4.78 is 0. The summed E-state index contributed by atoms with van der Waals surface area (Å²) in [7, 11) is 0. The van der Waals surface area contributed by atoms with Crippen molar-refractivity contribution in [1.82, 2.24) is 15.2 Å². The Bertz CT molecular complexity index is 783. The van der Waals surface area contributed by atoms with Gasteiger partial charge in [0.1, 0.15) is 6.23 Å². The highest BCUT2D eigenvalue weighted by molar-refractivity contribution is 7.13. The Morgan fingerprint density at radius 2 is 2.00 bits per heavy atom. The predicted molar refractivity (Wildman–Crippen MR) is 122 cm³/mol. The van der Waals surface area contributed by atoms with Crippen molar-refractivity contribution < 1.29 is 5.11 Å². The first kappa shape index (κ1) is 22.4. The zero-order valence-electron chi connectivity index (χ0n) is 18.4. The van der Waals surface area contributed by atoms with Gasteiger partial charge in [0.15, 0.2) is 0 Å². The van der Waals surface area contributed by atoms with Gasteiger partial charge in [-0.3, -0.25) is 10.2 Å². The lowest BCUT2D eigenvalue weighted by atomic mass is 9.87. The minimum absolute atomic E-state index is 0.0665. The lowest BCUT2D eigenvalue weighted by Gasteiger charge is -2.36. The molecule has 29 heavy (non-hydrogen) atoms. The van der Waals surface area contributed by atoms with Crippen molar-refractivity contribution in [3.05, 3.63) is 41.0 Å². The quantitative estimate of drug-likeness (QED) is 0.597. The van der Waals surface area contributed by atoms with Crippen molar-refractivity contribution in [2.24, 2.45) is 11.1 Å². The number of nitrogens with one attached hydrogen (secondary N) is 1. The van der Waals surface area contributed by atoms with Crippen LogP contribution in [-0.4, -0.2) is 46.4 Å². The maximum absolute atomic E-state index is 10.9. The minimum Gasteiger partial charge on any atom is -0.377 e. The molecule has 1 saturated heterocycles. The highest BCUT2D eigenvalue weighted by Gasteiger charge is 2.34. The fraction of sp³-hybridized carbons (Fsp3) is 0.609. The number of aromatic nitrogens is 1. The molecule has 1 aliphatic rings. The lowest BCUT2D eigenvalue weighted by molar-refractivity contribution is 0.0323. The first-order valence-electron chi connectivity index (χ1n) is 10.6.